The third-order valence-corrected chi connectivity index (χ3v) is 2.69. The topological polar surface area (TPSA) is 61.8 Å². The number of nitrogens with one attached hydrogen (secondary N) is 1. The molecule has 92 valence electrons. The molecule has 1 aliphatic rings. The maximum absolute atomic E-state index is 11.8. The Kier molecular flexibility index (Phi) is 5.28. The van der Waals surface area contributed by atoms with Crippen LogP contribution in [0.1, 0.15) is 13.3 Å². The van der Waals surface area contributed by atoms with Crippen molar-refractivity contribution >= 4 is 6.03 Å². The van der Waals surface area contributed by atoms with Crippen LogP contribution >= 0.6 is 0 Å². The van der Waals surface area contributed by atoms with E-state index >= 15 is 0 Å². The number of aliphatic hydroxyl groups excluding tert-OH is 1. The molecule has 0 spiro atoms. The number of hydrogen-bond donors (Lipinski definition) is 2. The van der Waals surface area contributed by atoms with E-state index in [0.717, 1.165) is 6.42 Å². The fourth-order valence-electron chi connectivity index (χ4n) is 1.72. The summed E-state index contributed by atoms with van der Waals surface area (Å²) >= 11 is 0. The van der Waals surface area contributed by atoms with Crippen molar-refractivity contribution in [3.05, 3.63) is 12.7 Å². The Bertz CT molecular complexity index is 245. The van der Waals surface area contributed by atoms with Crippen molar-refractivity contribution in [2.45, 2.75) is 25.5 Å². The van der Waals surface area contributed by atoms with E-state index in [1.807, 2.05) is 6.92 Å². The molecular weight excluding hydrogens is 208 g/mol. The Balaban J connectivity index is 2.44. The first-order valence-corrected chi connectivity index (χ1v) is 5.57. The first-order valence-electron chi connectivity index (χ1n) is 5.57. The number of nitrogens with zero attached hydrogens (tertiary/aromatic N) is 1. The van der Waals surface area contributed by atoms with Gasteiger partial charge in [0.05, 0.1) is 18.8 Å². The molecule has 0 bridgehead atoms. The predicted molar refractivity (Wildman–Crippen MR) is 61.2 cm³/mol. The summed E-state index contributed by atoms with van der Waals surface area (Å²) in [6.07, 6.45) is 2.54. The van der Waals surface area contributed by atoms with Gasteiger partial charge in [0, 0.05) is 19.7 Å². The molecule has 5 heteroatoms. The van der Waals surface area contributed by atoms with Gasteiger partial charge in [0.1, 0.15) is 0 Å². The molecule has 1 fully saturated rings. The van der Waals surface area contributed by atoms with Gasteiger partial charge in [-0.3, -0.25) is 0 Å². The molecule has 1 heterocycles. The van der Waals surface area contributed by atoms with E-state index in [1.165, 1.54) is 4.90 Å². The highest BCUT2D eigenvalue weighted by Gasteiger charge is 2.26. The van der Waals surface area contributed by atoms with Gasteiger partial charge in [-0.25, -0.2) is 4.79 Å². The Hall–Kier alpha value is -1.07. The number of aliphatic hydroxyl groups is 1. The maximum atomic E-state index is 11.8. The molecule has 2 atom stereocenters. The average molecular weight is 228 g/mol. The fourth-order valence-corrected chi connectivity index (χ4v) is 1.72. The van der Waals surface area contributed by atoms with Crippen molar-refractivity contribution in [2.75, 3.05) is 26.3 Å². The van der Waals surface area contributed by atoms with Gasteiger partial charge in [-0.1, -0.05) is 6.08 Å². The van der Waals surface area contributed by atoms with Gasteiger partial charge in [0.25, 0.3) is 0 Å². The minimum Gasteiger partial charge on any atom is -0.395 e. The maximum Gasteiger partial charge on any atom is 0.318 e. The van der Waals surface area contributed by atoms with Gasteiger partial charge in [-0.05, 0) is 13.3 Å². The molecule has 0 aromatic heterocycles. The number of rotatable bonds is 5. The highest BCUT2D eigenvalue weighted by molar-refractivity contribution is 5.74. The molecule has 5 nitrogen and oxygen atoms in total. The number of hydrogen-bond acceptors (Lipinski definition) is 3. The van der Waals surface area contributed by atoms with Crippen molar-refractivity contribution in [3.8, 4) is 0 Å². The normalized spacial score (nSPS) is 24.1. The molecule has 0 aromatic carbocycles. The van der Waals surface area contributed by atoms with E-state index in [1.54, 1.807) is 6.08 Å². The second kappa shape index (κ2) is 6.50. The standard InChI is InChI=1S/C11H20N2O3/c1-3-5-13(6-7-14)11(15)12-10-4-8-16-9(10)2/h3,9-10,14H,1,4-8H2,2H3,(H,12,15). The van der Waals surface area contributed by atoms with Crippen molar-refractivity contribution in [1.82, 2.24) is 10.2 Å². The van der Waals surface area contributed by atoms with E-state index in [0.29, 0.717) is 19.7 Å². The quantitative estimate of drug-likeness (QED) is 0.668. The molecule has 1 saturated heterocycles. The molecule has 2 amide bonds. The third kappa shape index (κ3) is 3.50. The lowest BCUT2D eigenvalue weighted by atomic mass is 10.2. The van der Waals surface area contributed by atoms with Gasteiger partial charge >= 0.3 is 6.03 Å². The van der Waals surface area contributed by atoms with Crippen LogP contribution in [0.5, 0.6) is 0 Å². The molecule has 0 radical (unpaired) electrons. The summed E-state index contributed by atoms with van der Waals surface area (Å²) in [4.78, 5) is 13.4. The molecule has 0 aliphatic carbocycles. The van der Waals surface area contributed by atoms with E-state index in [9.17, 15) is 4.79 Å². The van der Waals surface area contributed by atoms with Crippen LogP contribution in [0.2, 0.25) is 0 Å². The van der Waals surface area contributed by atoms with Crippen molar-refractivity contribution in [3.63, 3.8) is 0 Å². The van der Waals surface area contributed by atoms with Crippen LogP contribution in [0.15, 0.2) is 12.7 Å². The van der Waals surface area contributed by atoms with Crippen molar-refractivity contribution in [1.29, 1.82) is 0 Å². The second-order valence-corrected chi connectivity index (χ2v) is 3.88. The van der Waals surface area contributed by atoms with Gasteiger partial charge < -0.3 is 20.1 Å². The lowest BCUT2D eigenvalue weighted by Gasteiger charge is -2.24. The van der Waals surface area contributed by atoms with E-state index in [2.05, 4.69) is 11.9 Å². The molecule has 0 saturated carbocycles. The molecule has 16 heavy (non-hydrogen) atoms. The minimum atomic E-state index is -0.170. The highest BCUT2D eigenvalue weighted by atomic mass is 16.5. The van der Waals surface area contributed by atoms with E-state index < -0.39 is 0 Å². The number of ether oxygens (including phenoxy) is 1. The molecular formula is C11H20N2O3. The van der Waals surface area contributed by atoms with Crippen LogP contribution in [0.4, 0.5) is 4.79 Å². The van der Waals surface area contributed by atoms with E-state index in [4.69, 9.17) is 9.84 Å². The number of urea groups is 1. The molecule has 0 aromatic rings. The van der Waals surface area contributed by atoms with Crippen molar-refractivity contribution in [2.24, 2.45) is 0 Å². The average Bonchev–Trinajstić information content (AvgIpc) is 2.64. The minimum absolute atomic E-state index is 0.0437. The van der Waals surface area contributed by atoms with E-state index in [-0.39, 0.29) is 24.8 Å². The highest BCUT2D eigenvalue weighted by Crippen LogP contribution is 2.12. The van der Waals surface area contributed by atoms with Gasteiger partial charge in [-0.2, -0.15) is 0 Å². The SMILES string of the molecule is C=CCN(CCO)C(=O)NC1CCOC1C. The summed E-state index contributed by atoms with van der Waals surface area (Å²) in [6.45, 7) is 6.93. The smallest absolute Gasteiger partial charge is 0.318 e. The monoisotopic (exact) mass is 228 g/mol. The first kappa shape index (κ1) is 13.0. The van der Waals surface area contributed by atoms with Crippen molar-refractivity contribution < 1.29 is 14.6 Å². The number of amides is 2. The Morgan fingerprint density at radius 3 is 3.00 bits per heavy atom. The van der Waals surface area contributed by atoms with Crippen LogP contribution in [0, 0.1) is 0 Å². The Morgan fingerprint density at radius 1 is 1.75 bits per heavy atom. The Morgan fingerprint density at radius 2 is 2.50 bits per heavy atom. The lowest BCUT2D eigenvalue weighted by Crippen LogP contribution is -2.48. The zero-order chi connectivity index (χ0) is 12.0. The summed E-state index contributed by atoms with van der Waals surface area (Å²) < 4.78 is 5.36. The zero-order valence-electron chi connectivity index (χ0n) is 9.69. The lowest BCUT2D eigenvalue weighted by molar-refractivity contribution is 0.111. The molecule has 2 N–H and O–H groups in total. The third-order valence-electron chi connectivity index (χ3n) is 2.69. The zero-order valence-corrected chi connectivity index (χ0v) is 9.69. The summed E-state index contributed by atoms with van der Waals surface area (Å²) in [5.41, 5.74) is 0. The van der Waals surface area contributed by atoms with Gasteiger partial charge in [0.2, 0.25) is 0 Å². The second-order valence-electron chi connectivity index (χ2n) is 3.88. The van der Waals surface area contributed by atoms with Crippen LogP contribution in [-0.2, 0) is 4.74 Å². The summed E-state index contributed by atoms with van der Waals surface area (Å²) in [5, 5.41) is 11.7. The molecule has 1 aliphatic heterocycles. The summed E-state index contributed by atoms with van der Waals surface area (Å²) in [5.74, 6) is 0. The molecule has 1 rings (SSSR count). The van der Waals surface area contributed by atoms with Gasteiger partial charge in [-0.15, -0.1) is 6.58 Å². The van der Waals surface area contributed by atoms with Crippen LogP contribution in [0.3, 0.4) is 0 Å². The first-order chi connectivity index (χ1) is 7.69. The molecule has 2 unspecified atom stereocenters. The van der Waals surface area contributed by atoms with Crippen LogP contribution in [-0.4, -0.2) is 54.5 Å². The summed E-state index contributed by atoms with van der Waals surface area (Å²) in [6, 6.07) is -0.102. The summed E-state index contributed by atoms with van der Waals surface area (Å²) in [7, 11) is 0. The number of carbonyl (C=O) groups is 1. The Labute approximate surface area is 96.1 Å². The van der Waals surface area contributed by atoms with Crippen LogP contribution in [0.25, 0.3) is 0 Å². The fraction of sp³-hybridized carbons (Fsp3) is 0.727. The van der Waals surface area contributed by atoms with Crippen LogP contribution < -0.4 is 5.32 Å². The number of carbonyl (C=O) groups excluding carboxylic acids is 1. The predicted octanol–water partition coefficient (Wildman–Crippen LogP) is 0.354. The largest absolute Gasteiger partial charge is 0.395 e. The van der Waals surface area contributed by atoms with Gasteiger partial charge in [0.15, 0.2) is 0 Å².